The number of piperazine rings is 1. The lowest BCUT2D eigenvalue weighted by Gasteiger charge is -2.35. The summed E-state index contributed by atoms with van der Waals surface area (Å²) >= 11 is 3.09. The van der Waals surface area contributed by atoms with Crippen LogP contribution in [0.4, 0.5) is 8.78 Å². The molecule has 2 rings (SSSR count). The van der Waals surface area contributed by atoms with Crippen LogP contribution in [0.15, 0.2) is 16.6 Å². The van der Waals surface area contributed by atoms with E-state index in [9.17, 15) is 13.9 Å². The minimum Gasteiger partial charge on any atom is -0.396 e. The predicted octanol–water partition coefficient (Wildman–Crippen LogP) is 2.06. The molecule has 3 nitrogen and oxygen atoms in total. The monoisotopic (exact) mass is 334 g/mol. The highest BCUT2D eigenvalue weighted by Gasteiger charge is 2.27. The molecule has 1 aliphatic heterocycles. The number of halogens is 3. The van der Waals surface area contributed by atoms with Crippen LogP contribution in [-0.2, 0) is 0 Å². The Hall–Kier alpha value is -0.560. The summed E-state index contributed by atoms with van der Waals surface area (Å²) in [5.41, 5.74) is 0.0466. The van der Waals surface area contributed by atoms with Crippen LogP contribution < -0.4 is 5.32 Å². The molecule has 1 aromatic rings. The van der Waals surface area contributed by atoms with E-state index in [1.165, 1.54) is 12.1 Å². The van der Waals surface area contributed by atoms with Crippen molar-refractivity contribution in [1.29, 1.82) is 0 Å². The molecule has 1 aromatic carbocycles. The van der Waals surface area contributed by atoms with Crippen LogP contribution in [0.1, 0.15) is 18.0 Å². The summed E-state index contributed by atoms with van der Waals surface area (Å²) in [5.74, 6) is -1.13. The molecule has 1 saturated heterocycles. The molecule has 0 radical (unpaired) electrons. The zero-order valence-corrected chi connectivity index (χ0v) is 12.1. The van der Waals surface area contributed by atoms with Crippen LogP contribution in [0.3, 0.4) is 0 Å². The van der Waals surface area contributed by atoms with Gasteiger partial charge in [-0.2, -0.15) is 0 Å². The van der Waals surface area contributed by atoms with Gasteiger partial charge in [-0.3, -0.25) is 4.90 Å². The summed E-state index contributed by atoms with van der Waals surface area (Å²) in [6.07, 6.45) is 0.324. The van der Waals surface area contributed by atoms with Gasteiger partial charge in [0.1, 0.15) is 11.6 Å². The summed E-state index contributed by atoms with van der Waals surface area (Å²) in [6, 6.07) is 2.20. The molecule has 0 aliphatic carbocycles. The Morgan fingerprint density at radius 1 is 1.32 bits per heavy atom. The molecule has 0 aromatic heterocycles. The molecule has 1 fully saturated rings. The van der Waals surface area contributed by atoms with Gasteiger partial charge < -0.3 is 10.4 Å². The van der Waals surface area contributed by atoms with Gasteiger partial charge in [0, 0.05) is 44.4 Å². The van der Waals surface area contributed by atoms with Crippen molar-refractivity contribution in [3.63, 3.8) is 0 Å². The number of aliphatic hydroxyl groups excluding tert-OH is 1. The summed E-state index contributed by atoms with van der Waals surface area (Å²) in [5, 5.41) is 12.4. The van der Waals surface area contributed by atoms with Crippen LogP contribution in [0.2, 0.25) is 0 Å². The zero-order chi connectivity index (χ0) is 13.8. The van der Waals surface area contributed by atoms with Crippen molar-refractivity contribution < 1.29 is 13.9 Å². The second kappa shape index (κ2) is 6.74. The minimum absolute atomic E-state index is 0.0466. The molecule has 106 valence electrons. The van der Waals surface area contributed by atoms with Crippen LogP contribution in [-0.4, -0.2) is 42.8 Å². The van der Waals surface area contributed by atoms with Crippen molar-refractivity contribution in [2.75, 3.05) is 32.8 Å². The lowest BCUT2D eigenvalue weighted by atomic mass is 10.00. The summed E-state index contributed by atoms with van der Waals surface area (Å²) in [4.78, 5) is 2.01. The maximum Gasteiger partial charge on any atom is 0.145 e. The number of aliphatic hydroxyl groups is 1. The molecule has 2 N–H and O–H groups in total. The molecule has 19 heavy (non-hydrogen) atoms. The highest BCUT2D eigenvalue weighted by molar-refractivity contribution is 9.10. The topological polar surface area (TPSA) is 35.5 Å². The predicted molar refractivity (Wildman–Crippen MR) is 72.9 cm³/mol. The number of hydrogen-bond donors (Lipinski definition) is 2. The number of hydrogen-bond acceptors (Lipinski definition) is 3. The third kappa shape index (κ3) is 3.31. The molecule has 1 aliphatic rings. The van der Waals surface area contributed by atoms with E-state index in [0.29, 0.717) is 6.42 Å². The second-order valence-electron chi connectivity index (χ2n) is 4.57. The normalized spacial score (nSPS) is 18.5. The molecule has 6 heteroatoms. The Balaban J connectivity index is 2.35. The number of nitrogens with zero attached hydrogens (tertiary/aromatic N) is 1. The van der Waals surface area contributed by atoms with E-state index < -0.39 is 17.7 Å². The van der Waals surface area contributed by atoms with Gasteiger partial charge in [-0.15, -0.1) is 0 Å². The first-order valence-corrected chi connectivity index (χ1v) is 7.13. The van der Waals surface area contributed by atoms with Crippen LogP contribution in [0.5, 0.6) is 0 Å². The largest absolute Gasteiger partial charge is 0.396 e. The third-order valence-electron chi connectivity index (χ3n) is 3.41. The van der Waals surface area contributed by atoms with Crippen LogP contribution >= 0.6 is 15.9 Å². The quantitative estimate of drug-likeness (QED) is 0.827. The molecular weight excluding hydrogens is 318 g/mol. The fourth-order valence-electron chi connectivity index (χ4n) is 2.47. The highest BCUT2D eigenvalue weighted by atomic mass is 79.9. The maximum atomic E-state index is 14.2. The van der Waals surface area contributed by atoms with E-state index in [1.807, 2.05) is 4.90 Å². The summed E-state index contributed by atoms with van der Waals surface area (Å²) < 4.78 is 28.4. The van der Waals surface area contributed by atoms with E-state index in [-0.39, 0.29) is 16.6 Å². The average molecular weight is 335 g/mol. The first-order valence-electron chi connectivity index (χ1n) is 6.34. The first kappa shape index (κ1) is 14.8. The van der Waals surface area contributed by atoms with Gasteiger partial charge >= 0.3 is 0 Å². The number of benzene rings is 1. The molecule has 0 saturated carbocycles. The van der Waals surface area contributed by atoms with Gasteiger partial charge in [-0.1, -0.05) is 0 Å². The molecule has 1 heterocycles. The van der Waals surface area contributed by atoms with E-state index in [4.69, 9.17) is 0 Å². The molecule has 0 amide bonds. The van der Waals surface area contributed by atoms with Gasteiger partial charge in [0.15, 0.2) is 0 Å². The Morgan fingerprint density at radius 3 is 2.63 bits per heavy atom. The highest BCUT2D eigenvalue weighted by Crippen LogP contribution is 2.32. The van der Waals surface area contributed by atoms with Crippen molar-refractivity contribution >= 4 is 15.9 Å². The van der Waals surface area contributed by atoms with Crippen molar-refractivity contribution in [2.24, 2.45) is 0 Å². The Labute approximate surface area is 119 Å². The molecular formula is C13H17BrF2N2O. The second-order valence-corrected chi connectivity index (χ2v) is 5.43. The van der Waals surface area contributed by atoms with Crippen molar-refractivity contribution in [3.05, 3.63) is 33.8 Å². The fraction of sp³-hybridized carbons (Fsp3) is 0.538. The molecule has 0 bridgehead atoms. The number of nitrogens with one attached hydrogen (secondary N) is 1. The minimum atomic E-state index is -0.572. The van der Waals surface area contributed by atoms with Crippen LogP contribution in [0.25, 0.3) is 0 Å². The summed E-state index contributed by atoms with van der Waals surface area (Å²) in [6.45, 7) is 2.92. The zero-order valence-electron chi connectivity index (χ0n) is 10.5. The van der Waals surface area contributed by atoms with Gasteiger partial charge in [0.2, 0.25) is 0 Å². The lowest BCUT2D eigenvalue weighted by molar-refractivity contribution is 0.135. The fourth-order valence-corrected chi connectivity index (χ4v) is 2.82. The van der Waals surface area contributed by atoms with Crippen molar-refractivity contribution in [2.45, 2.75) is 12.5 Å². The average Bonchev–Trinajstić information content (AvgIpc) is 2.43. The van der Waals surface area contributed by atoms with E-state index in [0.717, 1.165) is 26.2 Å². The molecule has 0 unspecified atom stereocenters. The Morgan fingerprint density at radius 2 is 2.00 bits per heavy atom. The van der Waals surface area contributed by atoms with Crippen molar-refractivity contribution in [3.8, 4) is 0 Å². The van der Waals surface area contributed by atoms with Crippen molar-refractivity contribution in [1.82, 2.24) is 10.2 Å². The van der Waals surface area contributed by atoms with Gasteiger partial charge in [0.25, 0.3) is 0 Å². The molecule has 1 atom stereocenters. The van der Waals surface area contributed by atoms with Gasteiger partial charge in [-0.25, -0.2) is 8.78 Å². The first-order chi connectivity index (χ1) is 9.15. The SMILES string of the molecule is OCC[C@@H](c1c(F)ccc(Br)c1F)N1CCNCC1. The number of rotatable bonds is 4. The van der Waals surface area contributed by atoms with E-state index in [2.05, 4.69) is 21.2 Å². The standard InChI is InChI=1S/C13H17BrF2N2O/c14-9-1-2-10(15)12(13(9)16)11(3-8-19)18-6-4-17-5-7-18/h1-2,11,17,19H,3-8H2/t11-/m0/s1. The molecule has 0 spiro atoms. The van der Waals surface area contributed by atoms with Crippen LogP contribution in [0, 0.1) is 11.6 Å². The third-order valence-corrected chi connectivity index (χ3v) is 4.02. The smallest absolute Gasteiger partial charge is 0.145 e. The van der Waals surface area contributed by atoms with Gasteiger partial charge in [-0.05, 0) is 34.5 Å². The Bertz CT molecular complexity index is 439. The van der Waals surface area contributed by atoms with Gasteiger partial charge in [0.05, 0.1) is 4.47 Å². The Kier molecular flexibility index (Phi) is 5.27. The maximum absolute atomic E-state index is 14.2. The van der Waals surface area contributed by atoms with E-state index >= 15 is 0 Å². The lowest BCUT2D eigenvalue weighted by Crippen LogP contribution is -2.45. The van der Waals surface area contributed by atoms with E-state index in [1.54, 1.807) is 0 Å². The summed E-state index contributed by atoms with van der Waals surface area (Å²) in [7, 11) is 0.